The molecule has 1 saturated heterocycles. The van der Waals surface area contributed by atoms with Crippen LogP contribution in [0.15, 0.2) is 23.9 Å². The van der Waals surface area contributed by atoms with Crippen molar-refractivity contribution in [2.24, 2.45) is 0 Å². The van der Waals surface area contributed by atoms with Crippen molar-refractivity contribution in [2.75, 3.05) is 13.7 Å². The normalized spacial score (nSPS) is 17.0. The van der Waals surface area contributed by atoms with Crippen LogP contribution in [0.2, 0.25) is 0 Å². The number of piperazine rings is 1. The highest BCUT2D eigenvalue weighted by Crippen LogP contribution is 2.36. The summed E-state index contributed by atoms with van der Waals surface area (Å²) in [5.41, 5.74) is -0.964. The van der Waals surface area contributed by atoms with Crippen molar-refractivity contribution in [3.63, 3.8) is 0 Å². The zero-order valence-electron chi connectivity index (χ0n) is 12.7. The van der Waals surface area contributed by atoms with Crippen LogP contribution >= 0.6 is 0 Å². The molecule has 0 saturated carbocycles. The quantitative estimate of drug-likeness (QED) is 0.828. The van der Waals surface area contributed by atoms with Gasteiger partial charge in [0.25, 0.3) is 5.91 Å². The van der Waals surface area contributed by atoms with Crippen molar-refractivity contribution in [1.82, 2.24) is 10.2 Å². The number of nitrogens with one attached hydrogen (secondary N) is 1. The second kappa shape index (κ2) is 6.34. The lowest BCUT2D eigenvalue weighted by molar-refractivity contribution is -0.147. The van der Waals surface area contributed by atoms with Gasteiger partial charge in [-0.1, -0.05) is 6.07 Å². The third-order valence-electron chi connectivity index (χ3n) is 3.27. The first-order valence-corrected chi connectivity index (χ1v) is 6.72. The molecule has 0 aromatic heterocycles. The van der Waals surface area contributed by atoms with Crippen molar-refractivity contribution in [3.8, 4) is 5.75 Å². The number of nitrogens with zero attached hydrogens (tertiary/aromatic N) is 1. The van der Waals surface area contributed by atoms with Gasteiger partial charge in [-0.05, 0) is 23.8 Å². The third kappa shape index (κ3) is 3.55. The monoisotopic (exact) mass is 342 g/mol. The van der Waals surface area contributed by atoms with E-state index < -0.39 is 41.8 Å². The van der Waals surface area contributed by atoms with E-state index in [1.54, 1.807) is 0 Å². The average Bonchev–Trinajstić information content (AvgIpc) is 2.49. The molecule has 6 nitrogen and oxygen atoms in total. The van der Waals surface area contributed by atoms with Crippen LogP contribution in [0.3, 0.4) is 0 Å². The Labute approximate surface area is 134 Å². The second-order valence-corrected chi connectivity index (χ2v) is 4.97. The summed E-state index contributed by atoms with van der Waals surface area (Å²) in [5.74, 6) is -2.34. The van der Waals surface area contributed by atoms with Gasteiger partial charge in [-0.15, -0.1) is 0 Å². The Kier molecular flexibility index (Phi) is 4.63. The average molecular weight is 342 g/mol. The van der Waals surface area contributed by atoms with E-state index in [0.29, 0.717) is 0 Å². The molecule has 24 heavy (non-hydrogen) atoms. The van der Waals surface area contributed by atoms with Crippen LogP contribution in [-0.4, -0.2) is 36.3 Å². The van der Waals surface area contributed by atoms with Crippen molar-refractivity contribution < 1.29 is 32.3 Å². The fourth-order valence-electron chi connectivity index (χ4n) is 2.15. The molecule has 1 fully saturated rings. The molecule has 0 bridgehead atoms. The highest BCUT2D eigenvalue weighted by atomic mass is 19.4. The van der Waals surface area contributed by atoms with E-state index in [1.165, 1.54) is 6.08 Å². The summed E-state index contributed by atoms with van der Waals surface area (Å²) in [7, 11) is 1.09. The predicted octanol–water partition coefficient (Wildman–Crippen LogP) is 1.56. The molecule has 1 aliphatic heterocycles. The molecule has 1 aliphatic rings. The molecule has 1 aromatic rings. The van der Waals surface area contributed by atoms with Crippen LogP contribution in [0, 0.1) is 0 Å². The molecule has 0 aliphatic carbocycles. The molecule has 0 atom stereocenters. The van der Waals surface area contributed by atoms with Gasteiger partial charge in [0.05, 0.1) is 12.7 Å². The number of imide groups is 1. The molecular weight excluding hydrogens is 329 g/mol. The van der Waals surface area contributed by atoms with E-state index in [0.717, 1.165) is 37.1 Å². The van der Waals surface area contributed by atoms with Crippen molar-refractivity contribution in [3.05, 3.63) is 35.0 Å². The first-order valence-electron chi connectivity index (χ1n) is 6.72. The Hall–Kier alpha value is -2.84. The number of ether oxygens (including phenoxy) is 1. The molecular formula is C15H13F3N2O4. The van der Waals surface area contributed by atoms with Crippen LogP contribution in [-0.2, 0) is 20.6 Å². The van der Waals surface area contributed by atoms with E-state index in [2.05, 4.69) is 5.32 Å². The van der Waals surface area contributed by atoms with Gasteiger partial charge in [0.15, 0.2) is 0 Å². The molecule has 1 heterocycles. The number of alkyl halides is 3. The number of methoxy groups -OCH3 is 1. The van der Waals surface area contributed by atoms with Crippen LogP contribution in [0.1, 0.15) is 18.1 Å². The van der Waals surface area contributed by atoms with Crippen LogP contribution in [0.4, 0.5) is 13.2 Å². The summed E-state index contributed by atoms with van der Waals surface area (Å²) in [6.45, 7) is 0.733. The smallest absolute Gasteiger partial charge is 0.419 e. The first-order chi connectivity index (χ1) is 11.1. The van der Waals surface area contributed by atoms with Crippen LogP contribution < -0.4 is 10.1 Å². The molecule has 1 N–H and O–H groups in total. The van der Waals surface area contributed by atoms with E-state index >= 15 is 0 Å². The second-order valence-electron chi connectivity index (χ2n) is 4.97. The van der Waals surface area contributed by atoms with Gasteiger partial charge >= 0.3 is 6.18 Å². The Morgan fingerprint density at radius 2 is 2.00 bits per heavy atom. The lowest BCUT2D eigenvalue weighted by atomic mass is 10.1. The van der Waals surface area contributed by atoms with Gasteiger partial charge in [0.2, 0.25) is 11.8 Å². The Morgan fingerprint density at radius 1 is 1.33 bits per heavy atom. The molecule has 0 spiro atoms. The summed E-state index contributed by atoms with van der Waals surface area (Å²) < 4.78 is 43.2. The van der Waals surface area contributed by atoms with Gasteiger partial charge < -0.3 is 10.1 Å². The molecule has 128 valence electrons. The van der Waals surface area contributed by atoms with Crippen molar-refractivity contribution >= 4 is 23.8 Å². The highest BCUT2D eigenvalue weighted by Gasteiger charge is 2.34. The maximum atomic E-state index is 12.8. The number of carbonyl (C=O) groups excluding carboxylic acids is 3. The van der Waals surface area contributed by atoms with Gasteiger partial charge in [0.1, 0.15) is 18.0 Å². The number of hydrogen-bond acceptors (Lipinski definition) is 4. The largest absolute Gasteiger partial charge is 0.496 e. The minimum Gasteiger partial charge on any atom is -0.496 e. The molecule has 0 unspecified atom stereocenters. The topological polar surface area (TPSA) is 75.7 Å². The summed E-state index contributed by atoms with van der Waals surface area (Å²) in [6.07, 6.45) is -3.41. The molecule has 1 aromatic carbocycles. The maximum Gasteiger partial charge on any atom is 0.419 e. The van der Waals surface area contributed by atoms with Crippen molar-refractivity contribution in [2.45, 2.75) is 13.1 Å². The minimum absolute atomic E-state index is 0.203. The molecule has 3 amide bonds. The summed E-state index contributed by atoms with van der Waals surface area (Å²) in [6, 6.07) is 3.02. The van der Waals surface area contributed by atoms with Crippen LogP contribution in [0.5, 0.6) is 5.75 Å². The van der Waals surface area contributed by atoms with Crippen LogP contribution in [0.25, 0.3) is 6.08 Å². The van der Waals surface area contributed by atoms with E-state index in [1.807, 2.05) is 0 Å². The zero-order chi connectivity index (χ0) is 18.1. The van der Waals surface area contributed by atoms with Crippen molar-refractivity contribution in [1.29, 1.82) is 0 Å². The van der Waals surface area contributed by atoms with E-state index in [4.69, 9.17) is 4.74 Å². The summed E-state index contributed by atoms with van der Waals surface area (Å²) >= 11 is 0. The maximum absolute atomic E-state index is 12.8. The number of benzene rings is 1. The fraction of sp³-hybridized carbons (Fsp3) is 0.267. The Bertz CT molecular complexity index is 741. The van der Waals surface area contributed by atoms with Gasteiger partial charge in [-0.3, -0.25) is 19.3 Å². The highest BCUT2D eigenvalue weighted by molar-refractivity contribution is 6.12. The number of carbonyl (C=O) groups is 3. The van der Waals surface area contributed by atoms with Gasteiger partial charge in [-0.2, -0.15) is 13.2 Å². The minimum atomic E-state index is -4.59. The Morgan fingerprint density at radius 3 is 2.54 bits per heavy atom. The zero-order valence-corrected chi connectivity index (χ0v) is 12.7. The number of rotatable bonds is 2. The Balaban J connectivity index is 2.41. The molecule has 9 heteroatoms. The van der Waals surface area contributed by atoms with Gasteiger partial charge in [-0.25, -0.2) is 0 Å². The lowest BCUT2D eigenvalue weighted by Gasteiger charge is -2.25. The molecule has 2 rings (SSSR count). The molecule has 0 radical (unpaired) electrons. The number of halogens is 3. The summed E-state index contributed by atoms with van der Waals surface area (Å²) in [4.78, 5) is 35.8. The SMILES string of the molecule is COc1cc(/C=C2/NC(=O)CN(C(C)=O)C2=O)ccc1C(F)(F)F. The number of hydrogen-bond donors (Lipinski definition) is 1. The van der Waals surface area contributed by atoms with E-state index in [-0.39, 0.29) is 11.3 Å². The predicted molar refractivity (Wildman–Crippen MR) is 76.5 cm³/mol. The first kappa shape index (κ1) is 17.5. The fourth-order valence-corrected chi connectivity index (χ4v) is 2.15. The van der Waals surface area contributed by atoms with E-state index in [9.17, 15) is 27.6 Å². The standard InChI is InChI=1S/C15H13F3N2O4/c1-8(21)20-7-13(22)19-11(14(20)23)5-9-3-4-10(15(16,17)18)12(6-9)24-2/h3-6H,7H2,1-2H3,(H,19,22)/b11-5+. The number of amides is 3. The van der Waals surface area contributed by atoms with Gasteiger partial charge in [0, 0.05) is 6.92 Å². The summed E-state index contributed by atoms with van der Waals surface area (Å²) in [5, 5.41) is 2.30. The lowest BCUT2D eigenvalue weighted by Crippen LogP contribution is -2.51. The third-order valence-corrected chi connectivity index (χ3v) is 3.27.